The highest BCUT2D eigenvalue weighted by molar-refractivity contribution is 7.89. The molecular weight excluding hydrogens is 218 g/mol. The Labute approximate surface area is 89.3 Å². The number of nitrogens with one attached hydrogen (secondary N) is 1. The number of sulfonamides is 1. The lowest BCUT2D eigenvalue weighted by Crippen LogP contribution is -2.31. The first-order valence-electron chi connectivity index (χ1n) is 4.46. The van der Waals surface area contributed by atoms with E-state index in [9.17, 15) is 8.42 Å². The molecule has 6 nitrogen and oxygen atoms in total. The molecule has 0 aliphatic heterocycles. The van der Waals surface area contributed by atoms with Gasteiger partial charge in [0.1, 0.15) is 0 Å². The van der Waals surface area contributed by atoms with Gasteiger partial charge < -0.3 is 9.30 Å². The molecule has 15 heavy (non-hydrogen) atoms. The fraction of sp³-hybridized carbons (Fsp3) is 0.625. The number of aryl methyl sites for hydroxylation is 1. The van der Waals surface area contributed by atoms with Gasteiger partial charge in [-0.05, 0) is 6.92 Å². The minimum absolute atomic E-state index is 0.0216. The summed E-state index contributed by atoms with van der Waals surface area (Å²) in [5, 5.41) is 0.0216. The van der Waals surface area contributed by atoms with E-state index in [4.69, 9.17) is 4.74 Å². The van der Waals surface area contributed by atoms with Crippen molar-refractivity contribution in [3.8, 4) is 0 Å². The van der Waals surface area contributed by atoms with Gasteiger partial charge in [-0.25, -0.2) is 18.1 Å². The van der Waals surface area contributed by atoms with Crippen molar-refractivity contribution in [2.75, 3.05) is 13.7 Å². The van der Waals surface area contributed by atoms with Gasteiger partial charge in [0.05, 0.1) is 12.4 Å². The minimum Gasteiger partial charge on any atom is -0.380 e. The molecule has 0 bridgehead atoms. The maximum atomic E-state index is 11.6. The largest absolute Gasteiger partial charge is 0.380 e. The van der Waals surface area contributed by atoms with E-state index in [-0.39, 0.29) is 17.7 Å². The first-order valence-corrected chi connectivity index (χ1v) is 5.94. The lowest BCUT2D eigenvalue weighted by molar-refractivity contribution is 0.122. The standard InChI is InChI=1S/C8H15N3O3S/c1-7(14-3)4-10-15(12,13)8-5-11(2)6-9-8/h5-7,10H,4H2,1-3H3. The molecule has 1 rings (SSSR count). The lowest BCUT2D eigenvalue weighted by Gasteiger charge is -2.09. The van der Waals surface area contributed by atoms with Crippen molar-refractivity contribution in [3.05, 3.63) is 12.5 Å². The lowest BCUT2D eigenvalue weighted by atomic mass is 10.4. The second-order valence-corrected chi connectivity index (χ2v) is 4.99. The Hall–Kier alpha value is -0.920. The Morgan fingerprint density at radius 1 is 1.67 bits per heavy atom. The van der Waals surface area contributed by atoms with E-state index < -0.39 is 10.0 Å². The van der Waals surface area contributed by atoms with Crippen LogP contribution in [-0.4, -0.2) is 37.7 Å². The number of nitrogens with zero attached hydrogens (tertiary/aromatic N) is 2. The zero-order chi connectivity index (χ0) is 11.5. The third-order valence-electron chi connectivity index (χ3n) is 1.92. The second kappa shape index (κ2) is 4.73. The van der Waals surface area contributed by atoms with E-state index in [2.05, 4.69) is 9.71 Å². The molecule has 0 spiro atoms. The number of rotatable bonds is 5. The van der Waals surface area contributed by atoms with E-state index in [1.165, 1.54) is 19.6 Å². The summed E-state index contributed by atoms with van der Waals surface area (Å²) in [6.07, 6.45) is 2.72. The number of imidazole rings is 1. The predicted octanol–water partition coefficient (Wildman–Crippen LogP) is -0.267. The van der Waals surface area contributed by atoms with E-state index in [0.717, 1.165) is 0 Å². The van der Waals surface area contributed by atoms with Gasteiger partial charge in [-0.2, -0.15) is 0 Å². The van der Waals surface area contributed by atoms with Gasteiger partial charge in [0, 0.05) is 26.9 Å². The summed E-state index contributed by atoms with van der Waals surface area (Å²) in [6, 6.07) is 0. The number of methoxy groups -OCH3 is 1. The third-order valence-corrected chi connectivity index (χ3v) is 3.23. The molecule has 86 valence electrons. The maximum absolute atomic E-state index is 11.6. The van der Waals surface area contributed by atoms with Crippen LogP contribution in [0, 0.1) is 0 Å². The summed E-state index contributed by atoms with van der Waals surface area (Å²) in [4.78, 5) is 3.76. The summed E-state index contributed by atoms with van der Waals surface area (Å²) in [7, 11) is -0.267. The van der Waals surface area contributed by atoms with Crippen LogP contribution in [0.15, 0.2) is 17.6 Å². The van der Waals surface area contributed by atoms with Gasteiger partial charge in [-0.15, -0.1) is 0 Å². The zero-order valence-corrected chi connectivity index (χ0v) is 9.78. The van der Waals surface area contributed by atoms with Crippen molar-refractivity contribution in [2.24, 2.45) is 7.05 Å². The van der Waals surface area contributed by atoms with Crippen LogP contribution in [-0.2, 0) is 21.8 Å². The van der Waals surface area contributed by atoms with Gasteiger partial charge in [-0.1, -0.05) is 0 Å². The molecule has 0 aromatic carbocycles. The summed E-state index contributed by atoms with van der Waals surface area (Å²) in [5.74, 6) is 0. The number of hydrogen-bond donors (Lipinski definition) is 1. The molecule has 7 heteroatoms. The smallest absolute Gasteiger partial charge is 0.259 e. The Bertz CT molecular complexity index is 413. The van der Waals surface area contributed by atoms with Crippen LogP contribution in [0.3, 0.4) is 0 Å². The van der Waals surface area contributed by atoms with Gasteiger partial charge in [0.2, 0.25) is 0 Å². The fourth-order valence-electron chi connectivity index (χ4n) is 0.912. The maximum Gasteiger partial charge on any atom is 0.259 e. The van der Waals surface area contributed by atoms with E-state index >= 15 is 0 Å². The van der Waals surface area contributed by atoms with Crippen molar-refractivity contribution in [2.45, 2.75) is 18.1 Å². The Morgan fingerprint density at radius 2 is 2.33 bits per heavy atom. The minimum atomic E-state index is -3.51. The Balaban J connectivity index is 2.68. The van der Waals surface area contributed by atoms with Crippen LogP contribution in [0.25, 0.3) is 0 Å². The molecule has 0 aliphatic carbocycles. The average Bonchev–Trinajstić information content (AvgIpc) is 2.62. The summed E-state index contributed by atoms with van der Waals surface area (Å²) in [6.45, 7) is 2.01. The van der Waals surface area contributed by atoms with Crippen molar-refractivity contribution in [1.29, 1.82) is 0 Å². The van der Waals surface area contributed by atoms with Crippen molar-refractivity contribution in [1.82, 2.24) is 14.3 Å². The molecular formula is C8H15N3O3S. The van der Waals surface area contributed by atoms with Crippen LogP contribution in [0.4, 0.5) is 0 Å². The highest BCUT2D eigenvalue weighted by Crippen LogP contribution is 2.03. The summed E-state index contributed by atoms with van der Waals surface area (Å²) in [5.41, 5.74) is 0. The zero-order valence-electron chi connectivity index (χ0n) is 8.97. The SMILES string of the molecule is COC(C)CNS(=O)(=O)c1cn(C)cn1. The Morgan fingerprint density at radius 3 is 2.80 bits per heavy atom. The van der Waals surface area contributed by atoms with Gasteiger partial charge >= 0.3 is 0 Å². The molecule has 0 saturated heterocycles. The molecule has 1 aromatic rings. The van der Waals surface area contributed by atoms with Gasteiger partial charge in [0.15, 0.2) is 5.03 Å². The number of hydrogen-bond acceptors (Lipinski definition) is 4. The van der Waals surface area contributed by atoms with Crippen LogP contribution < -0.4 is 4.72 Å². The molecule has 0 radical (unpaired) electrons. The van der Waals surface area contributed by atoms with Crippen LogP contribution >= 0.6 is 0 Å². The molecule has 1 heterocycles. The van der Waals surface area contributed by atoms with E-state index in [0.29, 0.717) is 0 Å². The van der Waals surface area contributed by atoms with Crippen LogP contribution in [0.5, 0.6) is 0 Å². The molecule has 0 amide bonds. The van der Waals surface area contributed by atoms with Crippen molar-refractivity contribution >= 4 is 10.0 Å². The van der Waals surface area contributed by atoms with Gasteiger partial charge in [-0.3, -0.25) is 0 Å². The quantitative estimate of drug-likeness (QED) is 0.760. The molecule has 1 aromatic heterocycles. The fourth-order valence-corrected chi connectivity index (χ4v) is 2.00. The highest BCUT2D eigenvalue weighted by Gasteiger charge is 2.17. The molecule has 0 fully saturated rings. The molecule has 1 N–H and O–H groups in total. The topological polar surface area (TPSA) is 73.2 Å². The molecule has 0 aliphatic rings. The first-order chi connectivity index (χ1) is 6.95. The van der Waals surface area contributed by atoms with Crippen LogP contribution in [0.1, 0.15) is 6.92 Å². The van der Waals surface area contributed by atoms with Crippen molar-refractivity contribution in [3.63, 3.8) is 0 Å². The normalized spacial score (nSPS) is 14.1. The van der Waals surface area contributed by atoms with Gasteiger partial charge in [0.25, 0.3) is 10.0 Å². The van der Waals surface area contributed by atoms with E-state index in [1.807, 2.05) is 0 Å². The van der Waals surface area contributed by atoms with E-state index in [1.54, 1.807) is 18.5 Å². The first kappa shape index (κ1) is 12.2. The highest BCUT2D eigenvalue weighted by atomic mass is 32.2. The average molecular weight is 233 g/mol. The monoisotopic (exact) mass is 233 g/mol. The number of aromatic nitrogens is 2. The molecule has 1 atom stereocenters. The predicted molar refractivity (Wildman–Crippen MR) is 54.9 cm³/mol. The molecule has 1 unspecified atom stereocenters. The molecule has 0 saturated carbocycles. The number of ether oxygens (including phenoxy) is 1. The summed E-state index contributed by atoms with van der Waals surface area (Å²) < 4.78 is 32.2. The van der Waals surface area contributed by atoms with Crippen molar-refractivity contribution < 1.29 is 13.2 Å². The second-order valence-electron chi connectivity index (χ2n) is 3.28. The van der Waals surface area contributed by atoms with Crippen LogP contribution in [0.2, 0.25) is 0 Å². The Kier molecular flexibility index (Phi) is 3.83. The third kappa shape index (κ3) is 3.29. The summed E-state index contributed by atoms with van der Waals surface area (Å²) >= 11 is 0.